The Bertz CT molecular complexity index is 957. The minimum absolute atomic E-state index is 0.666. The number of nitrogens with zero attached hydrogens (tertiary/aromatic N) is 2. The van der Waals surface area contributed by atoms with Gasteiger partial charge in [-0.15, -0.1) is 0 Å². The molecule has 0 aliphatic rings. The van der Waals surface area contributed by atoms with E-state index in [-0.39, 0.29) is 0 Å². The summed E-state index contributed by atoms with van der Waals surface area (Å²) in [4.78, 5) is 8.95. The number of methoxy groups -OCH3 is 2. The van der Waals surface area contributed by atoms with Crippen molar-refractivity contribution in [1.82, 2.24) is 9.97 Å². The van der Waals surface area contributed by atoms with E-state index >= 15 is 0 Å². The highest BCUT2D eigenvalue weighted by Crippen LogP contribution is 2.31. The zero-order valence-corrected chi connectivity index (χ0v) is 16.3. The van der Waals surface area contributed by atoms with Crippen molar-refractivity contribution in [1.29, 1.82) is 0 Å². The van der Waals surface area contributed by atoms with Crippen LogP contribution in [0.4, 0.5) is 23.0 Å². The fourth-order valence-electron chi connectivity index (χ4n) is 2.70. The third-order valence-electron chi connectivity index (χ3n) is 4.29. The van der Waals surface area contributed by atoms with Crippen molar-refractivity contribution in [3.05, 3.63) is 59.4 Å². The van der Waals surface area contributed by atoms with Crippen LogP contribution in [0.15, 0.2) is 42.5 Å². The minimum Gasteiger partial charge on any atom is -0.497 e. The molecule has 0 amide bonds. The van der Waals surface area contributed by atoms with Crippen molar-refractivity contribution in [3.63, 3.8) is 0 Å². The van der Waals surface area contributed by atoms with Gasteiger partial charge in [-0.2, -0.15) is 0 Å². The summed E-state index contributed by atoms with van der Waals surface area (Å²) in [5.41, 5.74) is 4.28. The van der Waals surface area contributed by atoms with Gasteiger partial charge in [0.15, 0.2) is 0 Å². The van der Waals surface area contributed by atoms with Crippen molar-refractivity contribution >= 4 is 23.0 Å². The van der Waals surface area contributed by atoms with Crippen molar-refractivity contribution < 1.29 is 9.47 Å². The van der Waals surface area contributed by atoms with Crippen molar-refractivity contribution in [2.24, 2.45) is 0 Å². The quantitative estimate of drug-likeness (QED) is 0.648. The molecule has 27 heavy (non-hydrogen) atoms. The third-order valence-corrected chi connectivity index (χ3v) is 4.29. The molecule has 1 aromatic heterocycles. The van der Waals surface area contributed by atoms with Gasteiger partial charge in [0.05, 0.1) is 19.9 Å². The molecule has 6 heteroatoms. The smallest absolute Gasteiger partial charge is 0.146 e. The standard InChI is InChI=1S/C21H24N4O2/c1-13-6-7-16(10-14(13)2)24-20-12-21(23-15(3)22-20)25-18-9-8-17(26-4)11-19(18)27-5/h6-12H,1-5H3,(H2,22,23,24,25). The number of rotatable bonds is 6. The summed E-state index contributed by atoms with van der Waals surface area (Å²) in [6.45, 7) is 6.05. The van der Waals surface area contributed by atoms with Crippen molar-refractivity contribution in [2.45, 2.75) is 20.8 Å². The Morgan fingerprint density at radius 3 is 2.15 bits per heavy atom. The van der Waals surface area contributed by atoms with Gasteiger partial charge in [-0.25, -0.2) is 9.97 Å². The van der Waals surface area contributed by atoms with Gasteiger partial charge in [-0.3, -0.25) is 0 Å². The van der Waals surface area contributed by atoms with E-state index in [1.165, 1.54) is 11.1 Å². The van der Waals surface area contributed by atoms with Crippen LogP contribution in [0, 0.1) is 20.8 Å². The molecule has 2 N–H and O–H groups in total. The maximum atomic E-state index is 5.44. The Morgan fingerprint density at radius 2 is 1.48 bits per heavy atom. The third kappa shape index (κ3) is 4.47. The van der Waals surface area contributed by atoms with Gasteiger partial charge in [0.1, 0.15) is 29.0 Å². The van der Waals surface area contributed by atoms with Crippen LogP contribution in [-0.4, -0.2) is 24.2 Å². The Labute approximate surface area is 159 Å². The van der Waals surface area contributed by atoms with Crippen LogP contribution in [0.2, 0.25) is 0 Å². The topological polar surface area (TPSA) is 68.3 Å². The lowest BCUT2D eigenvalue weighted by Gasteiger charge is -2.14. The molecule has 0 aliphatic carbocycles. The van der Waals surface area contributed by atoms with Crippen LogP contribution in [0.3, 0.4) is 0 Å². The van der Waals surface area contributed by atoms with Gasteiger partial charge < -0.3 is 20.1 Å². The Kier molecular flexibility index (Phi) is 5.45. The molecule has 0 saturated carbocycles. The van der Waals surface area contributed by atoms with E-state index < -0.39 is 0 Å². The average Bonchev–Trinajstić information content (AvgIpc) is 2.64. The SMILES string of the molecule is COc1ccc(Nc2cc(Nc3ccc(C)c(C)c3)nc(C)n2)c(OC)c1. The normalized spacial score (nSPS) is 10.4. The van der Waals surface area contributed by atoms with Gasteiger partial charge in [-0.05, 0) is 56.2 Å². The lowest BCUT2D eigenvalue weighted by Crippen LogP contribution is -2.02. The Morgan fingerprint density at radius 1 is 0.741 bits per heavy atom. The van der Waals surface area contributed by atoms with Gasteiger partial charge in [-0.1, -0.05) is 6.07 Å². The first-order valence-electron chi connectivity index (χ1n) is 8.67. The second-order valence-corrected chi connectivity index (χ2v) is 6.30. The first kappa shape index (κ1) is 18.5. The number of hydrogen-bond donors (Lipinski definition) is 2. The number of benzene rings is 2. The molecular weight excluding hydrogens is 340 g/mol. The highest BCUT2D eigenvalue weighted by Gasteiger charge is 2.08. The Balaban J connectivity index is 1.86. The summed E-state index contributed by atoms with van der Waals surface area (Å²) in [7, 11) is 3.25. The fourth-order valence-corrected chi connectivity index (χ4v) is 2.70. The zero-order valence-electron chi connectivity index (χ0n) is 16.3. The van der Waals surface area contributed by atoms with Gasteiger partial charge in [0.2, 0.25) is 0 Å². The largest absolute Gasteiger partial charge is 0.497 e. The number of aromatic nitrogens is 2. The summed E-state index contributed by atoms with van der Waals surface area (Å²) in [6, 6.07) is 13.7. The predicted octanol–water partition coefficient (Wildman–Crippen LogP) is 4.91. The molecule has 0 fully saturated rings. The van der Waals surface area contributed by atoms with Crippen LogP contribution in [0.25, 0.3) is 0 Å². The number of hydrogen-bond acceptors (Lipinski definition) is 6. The van der Waals surface area contributed by atoms with Crippen LogP contribution in [-0.2, 0) is 0 Å². The van der Waals surface area contributed by atoms with Gasteiger partial charge in [0.25, 0.3) is 0 Å². The second kappa shape index (κ2) is 7.95. The number of anilines is 4. The van der Waals surface area contributed by atoms with Crippen LogP contribution >= 0.6 is 0 Å². The molecule has 0 unspecified atom stereocenters. The number of ether oxygens (including phenoxy) is 2. The van der Waals surface area contributed by atoms with E-state index in [1.54, 1.807) is 14.2 Å². The summed E-state index contributed by atoms with van der Waals surface area (Å²) in [5, 5.41) is 6.63. The monoisotopic (exact) mass is 364 g/mol. The average molecular weight is 364 g/mol. The molecule has 3 rings (SSSR count). The minimum atomic E-state index is 0.666. The predicted molar refractivity (Wildman–Crippen MR) is 109 cm³/mol. The van der Waals surface area contributed by atoms with E-state index in [0.29, 0.717) is 17.4 Å². The first-order valence-corrected chi connectivity index (χ1v) is 8.67. The molecule has 0 saturated heterocycles. The highest BCUT2D eigenvalue weighted by molar-refractivity contribution is 5.68. The second-order valence-electron chi connectivity index (χ2n) is 6.30. The molecule has 0 spiro atoms. The zero-order chi connectivity index (χ0) is 19.4. The summed E-state index contributed by atoms with van der Waals surface area (Å²) >= 11 is 0. The van der Waals surface area contributed by atoms with E-state index in [2.05, 4.69) is 46.6 Å². The summed E-state index contributed by atoms with van der Waals surface area (Å²) in [5.74, 6) is 3.47. The number of aryl methyl sites for hydroxylation is 3. The summed E-state index contributed by atoms with van der Waals surface area (Å²) in [6.07, 6.45) is 0. The molecule has 0 radical (unpaired) electrons. The highest BCUT2D eigenvalue weighted by atomic mass is 16.5. The van der Waals surface area contributed by atoms with E-state index in [4.69, 9.17) is 9.47 Å². The number of nitrogens with one attached hydrogen (secondary N) is 2. The first-order chi connectivity index (χ1) is 13.0. The van der Waals surface area contributed by atoms with E-state index in [1.807, 2.05) is 37.3 Å². The molecule has 0 bridgehead atoms. The molecule has 140 valence electrons. The van der Waals surface area contributed by atoms with Crippen molar-refractivity contribution in [3.8, 4) is 11.5 Å². The van der Waals surface area contributed by atoms with Crippen molar-refractivity contribution in [2.75, 3.05) is 24.9 Å². The lowest BCUT2D eigenvalue weighted by atomic mass is 10.1. The Hall–Kier alpha value is -3.28. The molecule has 0 atom stereocenters. The lowest BCUT2D eigenvalue weighted by molar-refractivity contribution is 0.395. The maximum Gasteiger partial charge on any atom is 0.146 e. The maximum absolute atomic E-state index is 5.44. The summed E-state index contributed by atoms with van der Waals surface area (Å²) < 4.78 is 10.7. The van der Waals surface area contributed by atoms with Crippen LogP contribution in [0.5, 0.6) is 11.5 Å². The molecule has 3 aromatic rings. The van der Waals surface area contributed by atoms with Gasteiger partial charge >= 0.3 is 0 Å². The molecule has 2 aromatic carbocycles. The van der Waals surface area contributed by atoms with Gasteiger partial charge in [0, 0.05) is 17.8 Å². The molecule has 0 aliphatic heterocycles. The molecule has 6 nitrogen and oxygen atoms in total. The van der Waals surface area contributed by atoms with E-state index in [0.717, 1.165) is 22.9 Å². The molecular formula is C21H24N4O2. The molecule has 1 heterocycles. The van der Waals surface area contributed by atoms with E-state index in [9.17, 15) is 0 Å². The fraction of sp³-hybridized carbons (Fsp3) is 0.238. The van der Waals surface area contributed by atoms with Crippen LogP contribution in [0.1, 0.15) is 17.0 Å². The van der Waals surface area contributed by atoms with Crippen LogP contribution < -0.4 is 20.1 Å².